The zero-order valence-electron chi connectivity index (χ0n) is 15.8. The van der Waals surface area contributed by atoms with E-state index in [1.165, 1.54) is 11.3 Å². The van der Waals surface area contributed by atoms with Gasteiger partial charge in [0.05, 0.1) is 25.4 Å². The number of hydrogen-bond acceptors (Lipinski definition) is 5. The number of piperidine rings is 1. The zero-order valence-corrected chi connectivity index (χ0v) is 18.9. The largest absolute Gasteiger partial charge is 0.376 e. The van der Waals surface area contributed by atoms with Gasteiger partial charge in [-0.05, 0) is 39.5 Å². The number of nitrogens with one attached hydrogen (secondary N) is 1. The van der Waals surface area contributed by atoms with E-state index in [-0.39, 0.29) is 24.0 Å². The average Bonchev–Trinajstić information content (AvgIpc) is 3.29. The summed E-state index contributed by atoms with van der Waals surface area (Å²) in [6, 6.07) is 0. The van der Waals surface area contributed by atoms with Gasteiger partial charge in [-0.3, -0.25) is 0 Å². The Morgan fingerprint density at radius 3 is 2.85 bits per heavy atom. The quantitative estimate of drug-likeness (QED) is 0.374. The Kier molecular flexibility index (Phi) is 9.58. The third-order valence-corrected chi connectivity index (χ3v) is 5.55. The second-order valence-corrected chi connectivity index (χ2v) is 8.01. The first kappa shape index (κ1) is 21.8. The van der Waals surface area contributed by atoms with Gasteiger partial charge in [0, 0.05) is 37.3 Å². The molecule has 2 aliphatic rings. The maximum absolute atomic E-state index is 6.07. The zero-order chi connectivity index (χ0) is 17.5. The molecule has 0 saturated carbocycles. The number of hydrogen-bond donors (Lipinski definition) is 1. The van der Waals surface area contributed by atoms with E-state index in [1.807, 2.05) is 6.20 Å². The third-order valence-electron chi connectivity index (χ3n) is 4.65. The van der Waals surface area contributed by atoms with Gasteiger partial charge in [-0.1, -0.05) is 0 Å². The maximum Gasteiger partial charge on any atom is 0.194 e. The van der Waals surface area contributed by atoms with Crippen molar-refractivity contribution in [3.05, 3.63) is 16.1 Å². The van der Waals surface area contributed by atoms with E-state index in [9.17, 15) is 0 Å². The Morgan fingerprint density at radius 2 is 2.23 bits per heavy atom. The van der Waals surface area contributed by atoms with Gasteiger partial charge in [0.2, 0.25) is 0 Å². The fourth-order valence-corrected chi connectivity index (χ4v) is 4.01. The summed E-state index contributed by atoms with van der Waals surface area (Å²) in [5, 5.41) is 4.48. The number of guanidine groups is 1. The summed E-state index contributed by atoms with van der Waals surface area (Å²) in [7, 11) is 0. The highest BCUT2D eigenvalue weighted by molar-refractivity contribution is 14.0. The van der Waals surface area contributed by atoms with E-state index >= 15 is 0 Å². The summed E-state index contributed by atoms with van der Waals surface area (Å²) in [4.78, 5) is 12.8. The number of thiazole rings is 1. The molecule has 1 N–H and O–H groups in total. The lowest BCUT2D eigenvalue weighted by Gasteiger charge is -2.34. The molecule has 3 rings (SSSR count). The van der Waals surface area contributed by atoms with Gasteiger partial charge < -0.3 is 19.7 Å². The summed E-state index contributed by atoms with van der Waals surface area (Å²) in [5.41, 5.74) is 0. The minimum atomic E-state index is 0. The lowest BCUT2D eigenvalue weighted by molar-refractivity contribution is -0.0367. The summed E-state index contributed by atoms with van der Waals surface area (Å²) in [6.45, 7) is 9.34. The standard InChI is InChI=1S/C18H30N4O2S.HI/c1-3-19-18(21-12-17-20-11-14(2)25-17)22-8-6-15(7-9-22)24-13-16-5-4-10-23-16;/h11,15-16H,3-10,12-13H2,1-2H3,(H,19,21);1H. The van der Waals surface area contributed by atoms with Crippen LogP contribution < -0.4 is 5.32 Å². The van der Waals surface area contributed by atoms with Crippen LogP contribution in [0.5, 0.6) is 0 Å². The molecule has 1 atom stereocenters. The highest BCUT2D eigenvalue weighted by Crippen LogP contribution is 2.18. The first-order chi connectivity index (χ1) is 12.2. The van der Waals surface area contributed by atoms with Gasteiger partial charge in [0.1, 0.15) is 5.01 Å². The third kappa shape index (κ3) is 6.61. The normalized spacial score (nSPS) is 21.7. The van der Waals surface area contributed by atoms with Crippen LogP contribution in [0.15, 0.2) is 11.2 Å². The highest BCUT2D eigenvalue weighted by atomic mass is 127. The predicted octanol–water partition coefficient (Wildman–Crippen LogP) is 3.20. The Hall–Kier alpha value is -0.450. The number of likely N-dealkylation sites (tertiary alicyclic amines) is 1. The van der Waals surface area contributed by atoms with Crippen LogP contribution in [-0.4, -0.2) is 60.9 Å². The maximum atomic E-state index is 6.07. The molecule has 148 valence electrons. The molecule has 1 aromatic heterocycles. The number of aromatic nitrogens is 1. The fraction of sp³-hybridized carbons (Fsp3) is 0.778. The minimum absolute atomic E-state index is 0. The van der Waals surface area contributed by atoms with Crippen molar-refractivity contribution in [3.63, 3.8) is 0 Å². The number of rotatable bonds is 6. The summed E-state index contributed by atoms with van der Waals surface area (Å²) in [6.07, 6.45) is 7.00. The first-order valence-electron chi connectivity index (χ1n) is 9.42. The van der Waals surface area contributed by atoms with Crippen LogP contribution in [0, 0.1) is 6.92 Å². The van der Waals surface area contributed by atoms with Crippen molar-refractivity contribution >= 4 is 41.3 Å². The van der Waals surface area contributed by atoms with Crippen molar-refractivity contribution in [2.45, 2.75) is 58.3 Å². The van der Waals surface area contributed by atoms with Gasteiger partial charge in [-0.15, -0.1) is 35.3 Å². The van der Waals surface area contributed by atoms with Crippen molar-refractivity contribution in [3.8, 4) is 0 Å². The Labute approximate surface area is 177 Å². The molecular formula is C18H31IN4O2S. The van der Waals surface area contributed by atoms with Crippen LogP contribution in [0.1, 0.15) is 42.5 Å². The molecule has 3 heterocycles. The van der Waals surface area contributed by atoms with E-state index in [4.69, 9.17) is 14.5 Å². The second kappa shape index (κ2) is 11.4. The van der Waals surface area contributed by atoms with E-state index in [0.29, 0.717) is 18.8 Å². The smallest absolute Gasteiger partial charge is 0.194 e. The number of aryl methyl sites for hydroxylation is 1. The summed E-state index contributed by atoms with van der Waals surface area (Å²) < 4.78 is 11.7. The molecule has 2 fully saturated rings. The molecule has 0 amide bonds. The molecular weight excluding hydrogens is 463 g/mol. The summed E-state index contributed by atoms with van der Waals surface area (Å²) >= 11 is 1.72. The number of aliphatic imine (C=N–C) groups is 1. The molecule has 26 heavy (non-hydrogen) atoms. The van der Waals surface area contributed by atoms with Crippen LogP contribution in [-0.2, 0) is 16.0 Å². The fourth-order valence-electron chi connectivity index (χ4n) is 3.30. The average molecular weight is 494 g/mol. The Morgan fingerprint density at radius 1 is 1.42 bits per heavy atom. The van der Waals surface area contributed by atoms with Crippen LogP contribution >= 0.6 is 35.3 Å². The van der Waals surface area contributed by atoms with Crippen LogP contribution in [0.3, 0.4) is 0 Å². The van der Waals surface area contributed by atoms with Crippen molar-refractivity contribution in [2.75, 3.05) is 32.8 Å². The lowest BCUT2D eigenvalue weighted by atomic mass is 10.1. The van der Waals surface area contributed by atoms with Gasteiger partial charge in [0.25, 0.3) is 0 Å². The van der Waals surface area contributed by atoms with Crippen molar-refractivity contribution < 1.29 is 9.47 Å². The van der Waals surface area contributed by atoms with Crippen LogP contribution in [0.25, 0.3) is 0 Å². The molecule has 1 aromatic rings. The molecule has 2 saturated heterocycles. The topological polar surface area (TPSA) is 59.0 Å². The monoisotopic (exact) mass is 494 g/mol. The number of ether oxygens (including phenoxy) is 2. The first-order valence-corrected chi connectivity index (χ1v) is 10.2. The highest BCUT2D eigenvalue weighted by Gasteiger charge is 2.24. The molecule has 1 unspecified atom stereocenters. The molecule has 0 radical (unpaired) electrons. The van der Waals surface area contributed by atoms with Crippen molar-refractivity contribution in [1.29, 1.82) is 0 Å². The van der Waals surface area contributed by atoms with E-state index in [1.54, 1.807) is 11.3 Å². The number of nitrogens with zero attached hydrogens (tertiary/aromatic N) is 3. The molecule has 6 nitrogen and oxygen atoms in total. The van der Waals surface area contributed by atoms with Crippen LogP contribution in [0.2, 0.25) is 0 Å². The molecule has 0 aliphatic carbocycles. The number of halogens is 1. The van der Waals surface area contributed by atoms with Gasteiger partial charge >= 0.3 is 0 Å². The molecule has 0 spiro atoms. The molecule has 0 bridgehead atoms. The SMILES string of the molecule is CCNC(=NCc1ncc(C)s1)N1CCC(OCC2CCCO2)CC1.I. The lowest BCUT2D eigenvalue weighted by Crippen LogP contribution is -2.47. The van der Waals surface area contributed by atoms with Gasteiger partial charge in [0.15, 0.2) is 5.96 Å². The molecule has 2 aliphatic heterocycles. The van der Waals surface area contributed by atoms with Gasteiger partial charge in [-0.2, -0.15) is 0 Å². The summed E-state index contributed by atoms with van der Waals surface area (Å²) in [5.74, 6) is 0.993. The molecule has 8 heteroatoms. The predicted molar refractivity (Wildman–Crippen MR) is 117 cm³/mol. The molecule has 0 aromatic carbocycles. The van der Waals surface area contributed by atoms with E-state index in [2.05, 4.69) is 29.0 Å². The van der Waals surface area contributed by atoms with Gasteiger partial charge in [-0.25, -0.2) is 9.98 Å². The second-order valence-electron chi connectivity index (χ2n) is 6.69. The van der Waals surface area contributed by atoms with Crippen molar-refractivity contribution in [1.82, 2.24) is 15.2 Å². The van der Waals surface area contributed by atoms with E-state index in [0.717, 1.165) is 63.1 Å². The van der Waals surface area contributed by atoms with Crippen molar-refractivity contribution in [2.24, 2.45) is 4.99 Å². The minimum Gasteiger partial charge on any atom is -0.376 e. The Balaban J connectivity index is 0.00000243. The Bertz CT molecular complexity index is 555. The van der Waals surface area contributed by atoms with Crippen LogP contribution in [0.4, 0.5) is 0 Å². The van der Waals surface area contributed by atoms with E-state index < -0.39 is 0 Å².